The number of aryl methyl sites for hydroxylation is 2. The van der Waals surface area contributed by atoms with Crippen LogP contribution in [-0.2, 0) is 19.5 Å². The van der Waals surface area contributed by atoms with Gasteiger partial charge in [-0.15, -0.1) is 0 Å². The molecule has 0 N–H and O–H groups in total. The van der Waals surface area contributed by atoms with Gasteiger partial charge in [-0.2, -0.15) is 0 Å². The summed E-state index contributed by atoms with van der Waals surface area (Å²) < 4.78 is 20.3. The number of benzene rings is 2. The van der Waals surface area contributed by atoms with Gasteiger partial charge in [0.15, 0.2) is 0 Å². The van der Waals surface area contributed by atoms with Gasteiger partial charge in [0, 0.05) is 0 Å². The summed E-state index contributed by atoms with van der Waals surface area (Å²) in [6, 6.07) is 15.0. The third kappa shape index (κ3) is 7.75. The summed E-state index contributed by atoms with van der Waals surface area (Å²) in [5, 5.41) is 0. The van der Waals surface area contributed by atoms with E-state index < -0.39 is 0 Å². The molecule has 0 heterocycles. The van der Waals surface area contributed by atoms with Gasteiger partial charge in [0.1, 0.15) is 0 Å². The Morgan fingerprint density at radius 3 is 1.11 bits per heavy atom. The molecule has 0 saturated heterocycles. The summed E-state index contributed by atoms with van der Waals surface area (Å²) >= 11 is 1.05. The molecule has 0 aliphatic carbocycles. The Balaban J connectivity index is 0.000000324. The van der Waals surface area contributed by atoms with Crippen LogP contribution in [0.15, 0.2) is 58.3 Å². The third-order valence-corrected chi connectivity index (χ3v) is 3.16. The van der Waals surface area contributed by atoms with Crippen molar-refractivity contribution in [3.05, 3.63) is 59.7 Å². The zero-order chi connectivity index (χ0) is 13.4. The van der Waals surface area contributed by atoms with Crippen LogP contribution in [0.25, 0.3) is 0 Å². The molecule has 96 valence electrons. The Kier molecular flexibility index (Phi) is 10.3. The summed E-state index contributed by atoms with van der Waals surface area (Å²) in [5.41, 5.74) is 2.38. The molecule has 0 atom stereocenters. The SMILES string of the molecule is Cc1ccc(S[O-])cc1.Cc1ccc(S[O-])cc1.[Zn+2]. The van der Waals surface area contributed by atoms with Crippen molar-refractivity contribution in [2.45, 2.75) is 23.6 Å². The van der Waals surface area contributed by atoms with Gasteiger partial charge in [-0.05, 0) is 47.9 Å². The monoisotopic (exact) mass is 342 g/mol. The average molecular weight is 344 g/mol. The molecule has 19 heavy (non-hydrogen) atoms. The van der Waals surface area contributed by atoms with Crippen molar-refractivity contribution in [1.29, 1.82) is 0 Å². The molecule has 2 aromatic carbocycles. The van der Waals surface area contributed by atoms with Crippen molar-refractivity contribution in [1.82, 2.24) is 0 Å². The Morgan fingerprint density at radius 1 is 0.632 bits per heavy atom. The fourth-order valence-corrected chi connectivity index (χ4v) is 1.68. The van der Waals surface area contributed by atoms with Crippen LogP contribution in [0.4, 0.5) is 0 Å². The number of rotatable bonds is 2. The Hall–Kier alpha value is -0.317. The van der Waals surface area contributed by atoms with E-state index in [1.807, 2.05) is 62.4 Å². The summed E-state index contributed by atoms with van der Waals surface area (Å²) in [6.45, 7) is 4.00. The van der Waals surface area contributed by atoms with Crippen molar-refractivity contribution in [3.8, 4) is 0 Å². The molecule has 0 spiro atoms. The molecule has 2 aromatic rings. The van der Waals surface area contributed by atoms with E-state index in [9.17, 15) is 9.11 Å². The molecule has 0 saturated carbocycles. The van der Waals surface area contributed by atoms with Crippen LogP contribution in [0.2, 0.25) is 0 Å². The van der Waals surface area contributed by atoms with Crippen LogP contribution >= 0.6 is 24.1 Å². The Bertz CT molecular complexity index is 412. The van der Waals surface area contributed by atoms with Gasteiger partial charge in [-0.25, -0.2) is 24.1 Å². The second kappa shape index (κ2) is 10.5. The normalized spacial score (nSPS) is 9.05. The largest absolute Gasteiger partial charge is 2.00 e. The molecule has 2 nitrogen and oxygen atoms in total. The van der Waals surface area contributed by atoms with Crippen LogP contribution in [0.3, 0.4) is 0 Å². The van der Waals surface area contributed by atoms with E-state index in [0.29, 0.717) is 24.1 Å². The van der Waals surface area contributed by atoms with Crippen LogP contribution in [-0.4, -0.2) is 9.11 Å². The fourth-order valence-electron chi connectivity index (χ4n) is 1.19. The Labute approximate surface area is 135 Å². The molecule has 5 heteroatoms. The van der Waals surface area contributed by atoms with E-state index in [1.54, 1.807) is 0 Å². The minimum atomic E-state index is 0. The van der Waals surface area contributed by atoms with E-state index in [-0.39, 0.29) is 19.5 Å². The third-order valence-electron chi connectivity index (χ3n) is 2.23. The van der Waals surface area contributed by atoms with E-state index in [1.165, 1.54) is 11.1 Å². The molecule has 0 aliphatic heterocycles. The van der Waals surface area contributed by atoms with E-state index >= 15 is 0 Å². The van der Waals surface area contributed by atoms with Gasteiger partial charge < -0.3 is 9.11 Å². The van der Waals surface area contributed by atoms with Crippen LogP contribution in [0, 0.1) is 13.8 Å². The molecule has 0 aromatic heterocycles. The zero-order valence-electron chi connectivity index (χ0n) is 11.0. The van der Waals surface area contributed by atoms with Crippen molar-refractivity contribution in [2.24, 2.45) is 0 Å². The van der Waals surface area contributed by atoms with Gasteiger partial charge in [0.2, 0.25) is 0 Å². The summed E-state index contributed by atoms with van der Waals surface area (Å²) in [4.78, 5) is 1.56. The minimum absolute atomic E-state index is 0. The topological polar surface area (TPSA) is 46.1 Å². The first kappa shape index (κ1) is 18.7. The summed E-state index contributed by atoms with van der Waals surface area (Å²) in [7, 11) is 0. The van der Waals surface area contributed by atoms with E-state index in [4.69, 9.17) is 0 Å². The van der Waals surface area contributed by atoms with Crippen molar-refractivity contribution in [2.75, 3.05) is 0 Å². The first-order valence-corrected chi connectivity index (χ1v) is 6.87. The molecule has 0 fully saturated rings. The van der Waals surface area contributed by atoms with E-state index in [0.717, 1.165) is 9.79 Å². The molecule has 0 radical (unpaired) electrons. The molecule has 0 amide bonds. The van der Waals surface area contributed by atoms with Crippen molar-refractivity contribution < 1.29 is 28.6 Å². The number of hydrogen-bond acceptors (Lipinski definition) is 4. The summed E-state index contributed by atoms with van der Waals surface area (Å²) in [5.74, 6) is 0. The molecule has 0 aliphatic rings. The van der Waals surface area contributed by atoms with Gasteiger partial charge in [0.25, 0.3) is 0 Å². The van der Waals surface area contributed by atoms with Crippen molar-refractivity contribution >= 4 is 24.1 Å². The maximum atomic E-state index is 10.2. The smallest absolute Gasteiger partial charge is 0.795 e. The molecule has 0 bridgehead atoms. The van der Waals surface area contributed by atoms with Gasteiger partial charge >= 0.3 is 19.5 Å². The first-order valence-electron chi connectivity index (χ1n) is 5.38. The van der Waals surface area contributed by atoms with E-state index in [2.05, 4.69) is 0 Å². The standard InChI is InChI=1S/2C7H8OS.Zn/c2*1-6-2-4-7(9-8)5-3-6;/h2*2-5,8H,1H3;/q;;+2/p-2. The predicted molar refractivity (Wildman–Crippen MR) is 75.6 cm³/mol. The second-order valence-electron chi connectivity index (χ2n) is 3.79. The van der Waals surface area contributed by atoms with Gasteiger partial charge in [0.05, 0.1) is 0 Å². The summed E-state index contributed by atoms with van der Waals surface area (Å²) in [6.07, 6.45) is 0. The maximum Gasteiger partial charge on any atom is 2.00 e. The molecule has 2 rings (SSSR count). The molecular formula is C14H14O2S2Zn. The fraction of sp³-hybridized carbons (Fsp3) is 0.143. The van der Waals surface area contributed by atoms with Crippen molar-refractivity contribution in [3.63, 3.8) is 0 Å². The molecule has 0 unspecified atom stereocenters. The van der Waals surface area contributed by atoms with Crippen LogP contribution < -0.4 is 0 Å². The minimum Gasteiger partial charge on any atom is -0.795 e. The maximum absolute atomic E-state index is 10.2. The van der Waals surface area contributed by atoms with Crippen LogP contribution in [0.5, 0.6) is 0 Å². The van der Waals surface area contributed by atoms with Gasteiger partial charge in [-0.3, -0.25) is 0 Å². The average Bonchev–Trinajstić information content (AvgIpc) is 2.41. The quantitative estimate of drug-likeness (QED) is 0.597. The second-order valence-corrected chi connectivity index (χ2v) is 5.07. The van der Waals surface area contributed by atoms with Crippen LogP contribution in [0.1, 0.15) is 11.1 Å². The Morgan fingerprint density at radius 2 is 0.895 bits per heavy atom. The first-order chi connectivity index (χ1) is 8.65. The van der Waals surface area contributed by atoms with Gasteiger partial charge in [-0.1, -0.05) is 35.4 Å². The predicted octanol–water partition coefficient (Wildman–Crippen LogP) is 4.43. The number of hydrogen-bond donors (Lipinski definition) is 0. The molecular weight excluding hydrogens is 330 g/mol. The zero-order valence-corrected chi connectivity index (χ0v) is 15.6.